The topological polar surface area (TPSA) is 58.2 Å². The molecule has 0 spiro atoms. The van der Waals surface area contributed by atoms with Crippen LogP contribution < -0.4 is 10.6 Å². The van der Waals surface area contributed by atoms with Crippen LogP contribution in [0.2, 0.25) is 0 Å². The van der Waals surface area contributed by atoms with Gasteiger partial charge in [-0.2, -0.15) is 0 Å². The van der Waals surface area contributed by atoms with E-state index in [9.17, 15) is 9.59 Å². The van der Waals surface area contributed by atoms with E-state index in [1.54, 1.807) is 0 Å². The molecular weight excluding hydrogens is 312 g/mol. The summed E-state index contributed by atoms with van der Waals surface area (Å²) in [6.45, 7) is 6.44. The van der Waals surface area contributed by atoms with Gasteiger partial charge in [0, 0.05) is 12.2 Å². The Bertz CT molecular complexity index is 805. The predicted molar refractivity (Wildman–Crippen MR) is 99.2 cm³/mol. The van der Waals surface area contributed by atoms with Gasteiger partial charge in [0.2, 0.25) is 11.8 Å². The summed E-state index contributed by atoms with van der Waals surface area (Å²) in [5.41, 5.74) is 4.22. The molecule has 4 heteroatoms. The standard InChI is InChI=1S/C21H24N2O2/c1-14-4-7-17(8-5-14)13-22-19(24)21(10-11-21)20(25)23-18-9-6-15(2)12-16(18)3/h4-9,12H,10-11,13H2,1-3H3,(H,22,24)(H,23,25). The van der Waals surface area contributed by atoms with Crippen LogP contribution in [0.25, 0.3) is 0 Å². The molecule has 1 saturated carbocycles. The zero-order valence-corrected chi connectivity index (χ0v) is 15.0. The van der Waals surface area contributed by atoms with Crippen molar-refractivity contribution >= 4 is 17.5 Å². The molecule has 3 rings (SSSR count). The van der Waals surface area contributed by atoms with Crippen LogP contribution in [0.5, 0.6) is 0 Å². The van der Waals surface area contributed by atoms with E-state index in [0.717, 1.165) is 22.4 Å². The van der Waals surface area contributed by atoms with E-state index in [-0.39, 0.29) is 11.8 Å². The largest absolute Gasteiger partial charge is 0.351 e. The number of anilines is 1. The Labute approximate surface area is 148 Å². The van der Waals surface area contributed by atoms with Crippen LogP contribution in [-0.4, -0.2) is 11.8 Å². The average Bonchev–Trinajstić information content (AvgIpc) is 3.38. The summed E-state index contributed by atoms with van der Waals surface area (Å²) in [7, 11) is 0. The first-order valence-corrected chi connectivity index (χ1v) is 8.63. The molecule has 1 aliphatic carbocycles. The van der Waals surface area contributed by atoms with Crippen molar-refractivity contribution < 1.29 is 9.59 Å². The molecule has 1 aliphatic rings. The molecule has 2 N–H and O–H groups in total. The zero-order chi connectivity index (χ0) is 18.0. The number of hydrogen-bond acceptors (Lipinski definition) is 2. The third-order valence-electron chi connectivity index (χ3n) is 4.82. The number of hydrogen-bond donors (Lipinski definition) is 2. The van der Waals surface area contributed by atoms with E-state index >= 15 is 0 Å². The van der Waals surface area contributed by atoms with Gasteiger partial charge >= 0.3 is 0 Å². The molecule has 0 bridgehead atoms. The second-order valence-corrected chi connectivity index (χ2v) is 7.02. The SMILES string of the molecule is Cc1ccc(CNC(=O)C2(C(=O)Nc3ccc(C)cc3C)CC2)cc1. The van der Waals surface area contributed by atoms with E-state index in [1.807, 2.05) is 63.2 Å². The average molecular weight is 336 g/mol. The Morgan fingerprint density at radius 1 is 0.920 bits per heavy atom. The van der Waals surface area contributed by atoms with Crippen molar-refractivity contribution in [3.8, 4) is 0 Å². The second-order valence-electron chi connectivity index (χ2n) is 7.02. The minimum atomic E-state index is -0.915. The molecule has 130 valence electrons. The maximum atomic E-state index is 12.7. The molecule has 25 heavy (non-hydrogen) atoms. The Morgan fingerprint density at radius 3 is 2.16 bits per heavy atom. The Hall–Kier alpha value is -2.62. The Kier molecular flexibility index (Phi) is 4.62. The van der Waals surface area contributed by atoms with Crippen LogP contribution in [0.3, 0.4) is 0 Å². The summed E-state index contributed by atoms with van der Waals surface area (Å²) < 4.78 is 0. The normalized spacial score (nSPS) is 14.7. The lowest BCUT2D eigenvalue weighted by Crippen LogP contribution is -2.39. The molecule has 0 saturated heterocycles. The van der Waals surface area contributed by atoms with E-state index in [1.165, 1.54) is 5.56 Å². The molecule has 0 aliphatic heterocycles. The Balaban J connectivity index is 1.63. The highest BCUT2D eigenvalue weighted by Crippen LogP contribution is 2.47. The van der Waals surface area contributed by atoms with Crippen molar-refractivity contribution in [2.24, 2.45) is 5.41 Å². The fourth-order valence-electron chi connectivity index (χ4n) is 2.94. The van der Waals surface area contributed by atoms with Gasteiger partial charge in [-0.15, -0.1) is 0 Å². The smallest absolute Gasteiger partial charge is 0.240 e. The summed E-state index contributed by atoms with van der Waals surface area (Å²) in [5, 5.41) is 5.84. The van der Waals surface area contributed by atoms with E-state index < -0.39 is 5.41 Å². The predicted octanol–water partition coefficient (Wildman–Crippen LogP) is 3.65. The molecule has 2 amide bonds. The first-order valence-electron chi connectivity index (χ1n) is 8.63. The van der Waals surface area contributed by atoms with Crippen molar-refractivity contribution in [2.75, 3.05) is 5.32 Å². The summed E-state index contributed by atoms with van der Waals surface area (Å²) in [5.74, 6) is -0.392. The van der Waals surface area contributed by atoms with Crippen LogP contribution >= 0.6 is 0 Å². The summed E-state index contributed by atoms with van der Waals surface area (Å²) in [4.78, 5) is 25.2. The number of aryl methyl sites for hydroxylation is 3. The summed E-state index contributed by atoms with van der Waals surface area (Å²) >= 11 is 0. The third kappa shape index (κ3) is 3.73. The molecule has 0 atom stereocenters. The van der Waals surface area contributed by atoms with Gasteiger partial charge in [0.25, 0.3) is 0 Å². The number of nitrogens with one attached hydrogen (secondary N) is 2. The highest BCUT2D eigenvalue weighted by atomic mass is 16.2. The van der Waals surface area contributed by atoms with Gasteiger partial charge in [0.05, 0.1) is 0 Å². The van der Waals surface area contributed by atoms with Crippen molar-refractivity contribution in [3.05, 3.63) is 64.7 Å². The lowest BCUT2D eigenvalue weighted by atomic mass is 10.0. The first-order chi connectivity index (χ1) is 11.9. The van der Waals surface area contributed by atoms with Crippen molar-refractivity contribution in [2.45, 2.75) is 40.2 Å². The van der Waals surface area contributed by atoms with Crippen molar-refractivity contribution in [1.29, 1.82) is 0 Å². The van der Waals surface area contributed by atoms with Crippen LogP contribution in [0.1, 0.15) is 35.1 Å². The maximum absolute atomic E-state index is 12.7. The molecule has 1 fully saturated rings. The number of carbonyl (C=O) groups excluding carboxylic acids is 2. The minimum Gasteiger partial charge on any atom is -0.351 e. The zero-order valence-electron chi connectivity index (χ0n) is 15.0. The number of carbonyl (C=O) groups is 2. The van der Waals surface area contributed by atoms with E-state index in [2.05, 4.69) is 10.6 Å². The molecule has 0 radical (unpaired) electrons. The molecule has 4 nitrogen and oxygen atoms in total. The summed E-state index contributed by atoms with van der Waals surface area (Å²) in [6, 6.07) is 13.9. The molecule has 2 aromatic rings. The van der Waals surface area contributed by atoms with E-state index in [4.69, 9.17) is 0 Å². The van der Waals surface area contributed by atoms with Gasteiger partial charge in [-0.05, 0) is 50.8 Å². The molecule has 2 aromatic carbocycles. The van der Waals surface area contributed by atoms with Gasteiger partial charge in [-0.25, -0.2) is 0 Å². The van der Waals surface area contributed by atoms with Crippen LogP contribution in [0.4, 0.5) is 5.69 Å². The number of rotatable bonds is 5. The molecule has 0 unspecified atom stereocenters. The van der Waals surface area contributed by atoms with Gasteiger partial charge < -0.3 is 10.6 Å². The Morgan fingerprint density at radius 2 is 1.56 bits per heavy atom. The van der Waals surface area contributed by atoms with Crippen molar-refractivity contribution in [3.63, 3.8) is 0 Å². The van der Waals surface area contributed by atoms with Gasteiger partial charge in [0.15, 0.2) is 0 Å². The number of amides is 2. The van der Waals surface area contributed by atoms with Crippen molar-refractivity contribution in [1.82, 2.24) is 5.32 Å². The highest BCUT2D eigenvalue weighted by Gasteiger charge is 2.56. The third-order valence-corrected chi connectivity index (χ3v) is 4.82. The molecular formula is C21H24N2O2. The fraction of sp³-hybridized carbons (Fsp3) is 0.333. The van der Waals surface area contributed by atoms with Gasteiger partial charge in [0.1, 0.15) is 5.41 Å². The van der Waals surface area contributed by atoms with E-state index in [0.29, 0.717) is 19.4 Å². The second kappa shape index (κ2) is 6.71. The highest BCUT2D eigenvalue weighted by molar-refractivity contribution is 6.13. The quantitative estimate of drug-likeness (QED) is 0.819. The lowest BCUT2D eigenvalue weighted by Gasteiger charge is -2.17. The minimum absolute atomic E-state index is 0.185. The fourth-order valence-corrected chi connectivity index (χ4v) is 2.94. The first kappa shape index (κ1) is 17.2. The molecule has 0 heterocycles. The van der Waals surface area contributed by atoms with Crippen LogP contribution in [0.15, 0.2) is 42.5 Å². The molecule has 0 aromatic heterocycles. The van der Waals surface area contributed by atoms with Gasteiger partial charge in [-0.3, -0.25) is 9.59 Å². The number of benzene rings is 2. The maximum Gasteiger partial charge on any atom is 0.240 e. The summed E-state index contributed by atoms with van der Waals surface area (Å²) in [6.07, 6.45) is 1.20. The van der Waals surface area contributed by atoms with Crippen LogP contribution in [0, 0.1) is 26.2 Å². The monoisotopic (exact) mass is 336 g/mol. The lowest BCUT2D eigenvalue weighted by molar-refractivity contribution is -0.134. The van der Waals surface area contributed by atoms with Gasteiger partial charge in [-0.1, -0.05) is 47.5 Å². The van der Waals surface area contributed by atoms with Crippen LogP contribution in [-0.2, 0) is 16.1 Å².